The van der Waals surface area contributed by atoms with Gasteiger partial charge in [-0.2, -0.15) is 0 Å². The Labute approximate surface area is 186 Å². The number of hydrogen-bond donors (Lipinski definition) is 0. The van der Waals surface area contributed by atoms with Crippen molar-refractivity contribution >= 4 is 11.9 Å². The van der Waals surface area contributed by atoms with Crippen LogP contribution in [0.4, 0.5) is 10.3 Å². The number of carbonyl (C=O) groups is 1. The van der Waals surface area contributed by atoms with Gasteiger partial charge >= 0.3 is 0 Å². The van der Waals surface area contributed by atoms with Crippen molar-refractivity contribution in [2.24, 2.45) is 0 Å². The van der Waals surface area contributed by atoms with Crippen LogP contribution in [-0.2, 0) is 11.2 Å². The predicted molar refractivity (Wildman–Crippen MR) is 120 cm³/mol. The van der Waals surface area contributed by atoms with Crippen LogP contribution in [0.3, 0.4) is 0 Å². The van der Waals surface area contributed by atoms with Crippen molar-refractivity contribution in [1.82, 2.24) is 19.9 Å². The zero-order valence-electron chi connectivity index (χ0n) is 18.5. The maximum absolute atomic E-state index is 14.1. The number of aromatic nitrogens is 3. The summed E-state index contributed by atoms with van der Waals surface area (Å²) in [7, 11) is 5.20. The molecule has 4 rings (SSSR count). The molecule has 0 radical (unpaired) electrons. The maximum Gasteiger partial charge on any atom is 0.227 e. The van der Waals surface area contributed by atoms with Crippen LogP contribution in [0.25, 0.3) is 11.1 Å². The minimum absolute atomic E-state index is 0.0530. The predicted octanol–water partition coefficient (Wildman–Crippen LogP) is 3.66. The van der Waals surface area contributed by atoms with Crippen molar-refractivity contribution in [2.75, 3.05) is 32.6 Å². The third kappa shape index (κ3) is 4.39. The highest BCUT2D eigenvalue weighted by Gasteiger charge is 2.33. The van der Waals surface area contributed by atoms with Gasteiger partial charge in [-0.3, -0.25) is 9.78 Å². The largest absolute Gasteiger partial charge is 0.494 e. The second-order valence-corrected chi connectivity index (χ2v) is 7.99. The Morgan fingerprint density at radius 2 is 2.03 bits per heavy atom. The fourth-order valence-electron chi connectivity index (χ4n) is 4.05. The van der Waals surface area contributed by atoms with Crippen molar-refractivity contribution in [2.45, 2.75) is 25.3 Å². The van der Waals surface area contributed by atoms with E-state index in [1.54, 1.807) is 24.5 Å². The van der Waals surface area contributed by atoms with Gasteiger partial charge in [0.15, 0.2) is 11.6 Å². The molecule has 2 aromatic heterocycles. The van der Waals surface area contributed by atoms with E-state index < -0.39 is 5.82 Å². The van der Waals surface area contributed by atoms with Crippen LogP contribution < -0.4 is 9.64 Å². The number of benzene rings is 1. The first-order valence-electron chi connectivity index (χ1n) is 10.5. The first-order valence-corrected chi connectivity index (χ1v) is 10.5. The number of anilines is 1. The monoisotopic (exact) mass is 435 g/mol. The lowest BCUT2D eigenvalue weighted by molar-refractivity contribution is -0.131. The molecule has 166 valence electrons. The summed E-state index contributed by atoms with van der Waals surface area (Å²) in [5.41, 5.74) is 3.28. The van der Waals surface area contributed by atoms with E-state index in [0.717, 1.165) is 29.7 Å². The fourth-order valence-corrected chi connectivity index (χ4v) is 4.05. The first kappa shape index (κ1) is 21.7. The lowest BCUT2D eigenvalue weighted by atomic mass is 10.0. The molecule has 1 aromatic carbocycles. The van der Waals surface area contributed by atoms with Crippen LogP contribution in [0.1, 0.15) is 30.1 Å². The minimum Gasteiger partial charge on any atom is -0.494 e. The number of hydrogen-bond acceptors (Lipinski definition) is 6. The van der Waals surface area contributed by atoms with Gasteiger partial charge < -0.3 is 14.5 Å². The molecule has 1 aliphatic heterocycles. The molecule has 1 atom stereocenters. The molecular formula is C24H26FN5O2. The highest BCUT2D eigenvalue weighted by Crippen LogP contribution is 2.37. The van der Waals surface area contributed by atoms with Gasteiger partial charge in [-0.25, -0.2) is 14.4 Å². The van der Waals surface area contributed by atoms with Crippen LogP contribution in [0.15, 0.2) is 48.9 Å². The van der Waals surface area contributed by atoms with Crippen molar-refractivity contribution in [3.05, 3.63) is 66.0 Å². The van der Waals surface area contributed by atoms with E-state index in [1.807, 2.05) is 42.2 Å². The summed E-state index contributed by atoms with van der Waals surface area (Å²) in [6.45, 7) is 0.638. The van der Waals surface area contributed by atoms with Crippen LogP contribution >= 0.6 is 0 Å². The molecule has 1 saturated heterocycles. The molecule has 0 N–H and O–H groups in total. The molecule has 32 heavy (non-hydrogen) atoms. The summed E-state index contributed by atoms with van der Waals surface area (Å²) in [6.07, 6.45) is 7.08. The number of amides is 1. The molecule has 0 aliphatic carbocycles. The molecule has 1 aliphatic rings. The van der Waals surface area contributed by atoms with Gasteiger partial charge in [0.05, 0.1) is 25.3 Å². The molecule has 3 heterocycles. The lowest BCUT2D eigenvalue weighted by Gasteiger charge is -2.27. The molecule has 0 saturated carbocycles. The Balaban J connectivity index is 1.66. The van der Waals surface area contributed by atoms with E-state index in [0.29, 0.717) is 18.1 Å². The van der Waals surface area contributed by atoms with Gasteiger partial charge in [0, 0.05) is 44.8 Å². The lowest BCUT2D eigenvalue weighted by Crippen LogP contribution is -2.33. The zero-order valence-corrected chi connectivity index (χ0v) is 18.5. The topological polar surface area (TPSA) is 71.5 Å². The SMILES string of the molecule is COc1ccc(CC(=O)N2CCC[C@H]2c2nc(N(C)C)ncc2-c2ccncc2)cc1F. The second-order valence-electron chi connectivity index (χ2n) is 7.99. The first-order chi connectivity index (χ1) is 15.5. The Bertz CT molecular complexity index is 1110. The normalized spacial score (nSPS) is 15.6. The summed E-state index contributed by atoms with van der Waals surface area (Å²) >= 11 is 0. The summed E-state index contributed by atoms with van der Waals surface area (Å²) in [5.74, 6) is 0.235. The van der Waals surface area contributed by atoms with E-state index in [-0.39, 0.29) is 24.1 Å². The molecule has 0 spiro atoms. The summed E-state index contributed by atoms with van der Waals surface area (Å²) in [6, 6.07) is 8.29. The number of carbonyl (C=O) groups excluding carboxylic acids is 1. The van der Waals surface area contributed by atoms with Crippen LogP contribution in [0.2, 0.25) is 0 Å². The van der Waals surface area contributed by atoms with Crippen molar-refractivity contribution in [1.29, 1.82) is 0 Å². The molecular weight excluding hydrogens is 409 g/mol. The van der Waals surface area contributed by atoms with Gasteiger partial charge in [-0.1, -0.05) is 6.07 Å². The van der Waals surface area contributed by atoms with Gasteiger partial charge in [0.1, 0.15) is 0 Å². The highest BCUT2D eigenvalue weighted by molar-refractivity contribution is 5.80. The maximum atomic E-state index is 14.1. The Hall–Kier alpha value is -3.55. The molecule has 0 bridgehead atoms. The van der Waals surface area contributed by atoms with E-state index in [4.69, 9.17) is 9.72 Å². The smallest absolute Gasteiger partial charge is 0.227 e. The van der Waals surface area contributed by atoms with Crippen LogP contribution in [0.5, 0.6) is 5.75 Å². The minimum atomic E-state index is -0.470. The number of likely N-dealkylation sites (tertiary alicyclic amines) is 1. The number of ether oxygens (including phenoxy) is 1. The third-order valence-electron chi connectivity index (χ3n) is 5.66. The van der Waals surface area contributed by atoms with Crippen molar-refractivity contribution in [3.8, 4) is 16.9 Å². The average molecular weight is 436 g/mol. The van der Waals surface area contributed by atoms with Gasteiger partial charge in [0.2, 0.25) is 11.9 Å². The standard InChI is InChI=1S/C24H26FN5O2/c1-29(2)24-27-15-18(17-8-10-26-11-9-17)23(28-24)20-5-4-12-30(20)22(31)14-16-6-7-21(32-3)19(25)13-16/h6-11,13,15,20H,4-5,12,14H2,1-3H3/t20-/m0/s1. The summed E-state index contributed by atoms with van der Waals surface area (Å²) < 4.78 is 19.1. The Morgan fingerprint density at radius 3 is 2.72 bits per heavy atom. The van der Waals surface area contributed by atoms with Crippen molar-refractivity contribution in [3.63, 3.8) is 0 Å². The molecule has 1 amide bonds. The fraction of sp³-hybridized carbons (Fsp3) is 0.333. The van der Waals surface area contributed by atoms with E-state index in [9.17, 15) is 9.18 Å². The molecule has 1 fully saturated rings. The zero-order chi connectivity index (χ0) is 22.7. The molecule has 3 aromatic rings. The quantitative estimate of drug-likeness (QED) is 0.589. The van der Waals surface area contributed by atoms with Crippen LogP contribution in [-0.4, -0.2) is 53.5 Å². The Kier molecular flexibility index (Phi) is 6.30. The number of methoxy groups -OCH3 is 1. The molecule has 7 nitrogen and oxygen atoms in total. The van der Waals surface area contributed by atoms with E-state index >= 15 is 0 Å². The summed E-state index contributed by atoms with van der Waals surface area (Å²) in [5, 5.41) is 0. The van der Waals surface area contributed by atoms with Crippen molar-refractivity contribution < 1.29 is 13.9 Å². The number of pyridine rings is 1. The number of halogens is 1. The third-order valence-corrected chi connectivity index (χ3v) is 5.66. The van der Waals surface area contributed by atoms with Crippen LogP contribution in [0, 0.1) is 5.82 Å². The van der Waals surface area contributed by atoms with E-state index in [1.165, 1.54) is 13.2 Å². The van der Waals surface area contributed by atoms with Gasteiger partial charge in [0.25, 0.3) is 0 Å². The van der Waals surface area contributed by atoms with Gasteiger partial charge in [-0.15, -0.1) is 0 Å². The average Bonchev–Trinajstić information content (AvgIpc) is 3.29. The Morgan fingerprint density at radius 1 is 1.25 bits per heavy atom. The highest BCUT2D eigenvalue weighted by atomic mass is 19.1. The molecule has 8 heteroatoms. The molecule has 0 unspecified atom stereocenters. The van der Waals surface area contributed by atoms with E-state index in [2.05, 4.69) is 9.97 Å². The number of rotatable bonds is 6. The second kappa shape index (κ2) is 9.30. The van der Waals surface area contributed by atoms with Gasteiger partial charge in [-0.05, 0) is 48.2 Å². The summed E-state index contributed by atoms with van der Waals surface area (Å²) in [4.78, 5) is 30.4. The number of nitrogens with zero attached hydrogens (tertiary/aromatic N) is 5.